The van der Waals surface area contributed by atoms with Gasteiger partial charge in [-0.3, -0.25) is 4.79 Å². The molecule has 1 heterocycles. The number of rotatable bonds is 1. The summed E-state index contributed by atoms with van der Waals surface area (Å²) in [6, 6.07) is 0. The summed E-state index contributed by atoms with van der Waals surface area (Å²) >= 11 is 0. The van der Waals surface area contributed by atoms with Crippen molar-refractivity contribution in [2.45, 2.75) is 31.9 Å². The molecule has 0 unspecified atom stereocenters. The first-order valence-corrected chi connectivity index (χ1v) is 4.33. The Hall–Kier alpha value is -0.740. The molecular weight excluding hydrogens is 183 g/mol. The van der Waals surface area contributed by atoms with Crippen LogP contribution in [0.4, 0.5) is 13.2 Å². The monoisotopic (exact) mass is 195 g/mol. The smallest absolute Gasteiger partial charge is 0.342 e. The Balaban J connectivity index is 2.38. The van der Waals surface area contributed by atoms with Gasteiger partial charge in [-0.2, -0.15) is 13.2 Å². The summed E-state index contributed by atoms with van der Waals surface area (Å²) in [5.41, 5.74) is 0. The predicted octanol–water partition coefficient (Wildman–Crippen LogP) is 1.95. The molecule has 0 saturated carbocycles. The Kier molecular flexibility index (Phi) is 3.17. The summed E-state index contributed by atoms with van der Waals surface area (Å²) in [6.07, 6.45) is -3.02. The van der Waals surface area contributed by atoms with E-state index in [9.17, 15) is 18.0 Å². The minimum atomic E-state index is -4.37. The first kappa shape index (κ1) is 10.3. The molecule has 0 radical (unpaired) electrons. The highest BCUT2D eigenvalue weighted by Gasteiger charge is 2.33. The van der Waals surface area contributed by atoms with Gasteiger partial charge >= 0.3 is 6.18 Å². The molecule has 0 atom stereocenters. The summed E-state index contributed by atoms with van der Waals surface area (Å²) in [6.45, 7) is 0.962. The first-order chi connectivity index (χ1) is 5.99. The summed E-state index contributed by atoms with van der Waals surface area (Å²) in [5.74, 6) is -0.785. The number of halogens is 3. The zero-order valence-corrected chi connectivity index (χ0v) is 7.23. The Morgan fingerprint density at radius 3 is 2.15 bits per heavy atom. The molecule has 76 valence electrons. The lowest BCUT2D eigenvalue weighted by Crippen LogP contribution is -2.37. The van der Waals surface area contributed by atoms with Gasteiger partial charge in [0.2, 0.25) is 5.91 Å². The first-order valence-electron chi connectivity index (χ1n) is 4.33. The summed E-state index contributed by atoms with van der Waals surface area (Å²) in [7, 11) is 0. The van der Waals surface area contributed by atoms with Crippen LogP contribution in [0.3, 0.4) is 0 Å². The van der Waals surface area contributed by atoms with E-state index in [4.69, 9.17) is 0 Å². The molecule has 1 fully saturated rings. The minimum Gasteiger partial charge on any atom is -0.342 e. The van der Waals surface area contributed by atoms with E-state index in [1.807, 2.05) is 0 Å². The minimum absolute atomic E-state index is 0.481. The normalized spacial score (nSPS) is 18.8. The van der Waals surface area contributed by atoms with Crippen LogP contribution >= 0.6 is 0 Å². The van der Waals surface area contributed by atoms with Crippen LogP contribution in [-0.2, 0) is 4.79 Å². The zero-order valence-electron chi connectivity index (χ0n) is 7.23. The Morgan fingerprint density at radius 2 is 1.69 bits per heavy atom. The maximum Gasteiger partial charge on any atom is 0.397 e. The van der Waals surface area contributed by atoms with Gasteiger partial charge in [-0.1, -0.05) is 0 Å². The molecule has 0 spiro atoms. The van der Waals surface area contributed by atoms with Gasteiger partial charge in [0.25, 0.3) is 0 Å². The van der Waals surface area contributed by atoms with Crippen molar-refractivity contribution >= 4 is 5.91 Å². The largest absolute Gasteiger partial charge is 0.397 e. The van der Waals surface area contributed by atoms with Crippen LogP contribution in [0.5, 0.6) is 0 Å². The second-order valence-electron chi connectivity index (χ2n) is 3.23. The Morgan fingerprint density at radius 1 is 1.15 bits per heavy atom. The van der Waals surface area contributed by atoms with E-state index in [1.165, 1.54) is 4.90 Å². The van der Waals surface area contributed by atoms with E-state index in [2.05, 4.69) is 0 Å². The van der Waals surface area contributed by atoms with Crippen molar-refractivity contribution in [3.05, 3.63) is 0 Å². The third-order valence-electron chi connectivity index (χ3n) is 2.06. The van der Waals surface area contributed by atoms with E-state index in [1.54, 1.807) is 0 Å². The molecule has 1 amide bonds. The van der Waals surface area contributed by atoms with E-state index in [0.29, 0.717) is 13.1 Å². The molecule has 0 bridgehead atoms. The fourth-order valence-corrected chi connectivity index (χ4v) is 1.43. The van der Waals surface area contributed by atoms with Gasteiger partial charge in [0.1, 0.15) is 6.42 Å². The van der Waals surface area contributed by atoms with Gasteiger partial charge in [-0.15, -0.1) is 0 Å². The standard InChI is InChI=1S/C8H12F3NO/c9-8(10,11)6-7(13)12-4-2-1-3-5-12/h1-6H2. The van der Waals surface area contributed by atoms with Crippen molar-refractivity contribution in [1.29, 1.82) is 0 Å². The molecule has 2 nitrogen and oxygen atoms in total. The number of hydrogen-bond acceptors (Lipinski definition) is 1. The SMILES string of the molecule is O=C(CC(F)(F)F)N1CCCCC1. The number of nitrogens with zero attached hydrogens (tertiary/aromatic N) is 1. The highest BCUT2D eigenvalue weighted by molar-refractivity contribution is 5.76. The topological polar surface area (TPSA) is 20.3 Å². The molecule has 13 heavy (non-hydrogen) atoms. The third kappa shape index (κ3) is 3.65. The molecule has 0 aliphatic carbocycles. The van der Waals surface area contributed by atoms with Crippen molar-refractivity contribution in [1.82, 2.24) is 4.90 Å². The average Bonchev–Trinajstić information content (AvgIpc) is 2.03. The van der Waals surface area contributed by atoms with Gasteiger partial charge in [-0.25, -0.2) is 0 Å². The number of amides is 1. The maximum atomic E-state index is 11.8. The highest BCUT2D eigenvalue weighted by Crippen LogP contribution is 2.21. The van der Waals surface area contributed by atoms with Crippen LogP contribution in [0.2, 0.25) is 0 Å². The lowest BCUT2D eigenvalue weighted by molar-refractivity contribution is -0.162. The Bertz CT molecular complexity index is 184. The third-order valence-corrected chi connectivity index (χ3v) is 2.06. The molecule has 0 aromatic rings. The number of piperidine rings is 1. The molecule has 0 aromatic heterocycles. The number of likely N-dealkylation sites (tertiary alicyclic amines) is 1. The van der Waals surface area contributed by atoms with Crippen molar-refractivity contribution in [2.24, 2.45) is 0 Å². The quantitative estimate of drug-likeness (QED) is 0.626. The molecule has 5 heteroatoms. The molecule has 1 aliphatic rings. The fraction of sp³-hybridized carbons (Fsp3) is 0.875. The van der Waals surface area contributed by atoms with Crippen LogP contribution in [0.15, 0.2) is 0 Å². The molecule has 0 N–H and O–H groups in total. The van der Waals surface area contributed by atoms with Gasteiger partial charge in [0, 0.05) is 13.1 Å². The summed E-state index contributed by atoms with van der Waals surface area (Å²) in [5, 5.41) is 0. The van der Waals surface area contributed by atoms with Gasteiger partial charge in [0.15, 0.2) is 0 Å². The highest BCUT2D eigenvalue weighted by atomic mass is 19.4. The van der Waals surface area contributed by atoms with Gasteiger partial charge in [-0.05, 0) is 19.3 Å². The van der Waals surface area contributed by atoms with Crippen molar-refractivity contribution in [3.63, 3.8) is 0 Å². The number of carbonyl (C=O) groups is 1. The van der Waals surface area contributed by atoms with E-state index in [-0.39, 0.29) is 0 Å². The zero-order chi connectivity index (χ0) is 9.90. The van der Waals surface area contributed by atoms with Crippen LogP contribution in [0.25, 0.3) is 0 Å². The average molecular weight is 195 g/mol. The molecule has 1 rings (SSSR count). The van der Waals surface area contributed by atoms with Crippen molar-refractivity contribution in [2.75, 3.05) is 13.1 Å². The van der Waals surface area contributed by atoms with Crippen molar-refractivity contribution in [3.8, 4) is 0 Å². The molecule has 1 saturated heterocycles. The number of carbonyl (C=O) groups excluding carboxylic acids is 1. The van der Waals surface area contributed by atoms with Gasteiger partial charge in [0.05, 0.1) is 0 Å². The van der Waals surface area contributed by atoms with Crippen LogP contribution < -0.4 is 0 Å². The maximum absolute atomic E-state index is 11.8. The number of hydrogen-bond donors (Lipinski definition) is 0. The lowest BCUT2D eigenvalue weighted by atomic mass is 10.1. The van der Waals surface area contributed by atoms with E-state index < -0.39 is 18.5 Å². The molecule has 0 aromatic carbocycles. The second kappa shape index (κ2) is 3.98. The summed E-state index contributed by atoms with van der Waals surface area (Å²) in [4.78, 5) is 12.3. The fourth-order valence-electron chi connectivity index (χ4n) is 1.43. The van der Waals surface area contributed by atoms with Crippen LogP contribution in [-0.4, -0.2) is 30.1 Å². The molecular formula is C8H12F3NO. The van der Waals surface area contributed by atoms with Gasteiger partial charge < -0.3 is 4.90 Å². The summed E-state index contributed by atoms with van der Waals surface area (Å²) < 4.78 is 35.4. The number of alkyl halides is 3. The van der Waals surface area contributed by atoms with Crippen molar-refractivity contribution < 1.29 is 18.0 Å². The predicted molar refractivity (Wildman–Crippen MR) is 41.1 cm³/mol. The molecule has 1 aliphatic heterocycles. The van der Waals surface area contributed by atoms with Crippen LogP contribution in [0, 0.1) is 0 Å². The van der Waals surface area contributed by atoms with E-state index in [0.717, 1.165) is 19.3 Å². The Labute approximate surface area is 74.7 Å². The van der Waals surface area contributed by atoms with Crippen LogP contribution in [0.1, 0.15) is 25.7 Å². The lowest BCUT2D eigenvalue weighted by Gasteiger charge is -2.27. The van der Waals surface area contributed by atoms with E-state index >= 15 is 0 Å². The second-order valence-corrected chi connectivity index (χ2v) is 3.23.